The van der Waals surface area contributed by atoms with E-state index in [2.05, 4.69) is 47.0 Å². The maximum Gasteiger partial charge on any atom is 0.110 e. The van der Waals surface area contributed by atoms with Crippen LogP contribution in [0, 0.1) is 0 Å². The summed E-state index contributed by atoms with van der Waals surface area (Å²) in [5.41, 5.74) is 5.04. The maximum atomic E-state index is 9.20. The first-order chi connectivity index (χ1) is 12.8. The van der Waals surface area contributed by atoms with Gasteiger partial charge in [0.15, 0.2) is 0 Å². The second-order valence-corrected chi connectivity index (χ2v) is 7.51. The van der Waals surface area contributed by atoms with Crippen LogP contribution in [0.15, 0.2) is 48.5 Å². The van der Waals surface area contributed by atoms with Gasteiger partial charge in [0.1, 0.15) is 5.82 Å². The lowest BCUT2D eigenvalue weighted by Crippen LogP contribution is -2.07. The molecular formula is C23H28N2O. The summed E-state index contributed by atoms with van der Waals surface area (Å²) in [6.45, 7) is 1.05. The van der Waals surface area contributed by atoms with E-state index in [0.29, 0.717) is 0 Å². The Balaban J connectivity index is 1.58. The van der Waals surface area contributed by atoms with Crippen molar-refractivity contribution in [3.63, 3.8) is 0 Å². The van der Waals surface area contributed by atoms with Crippen LogP contribution in [0.25, 0.3) is 11.0 Å². The van der Waals surface area contributed by atoms with Crippen molar-refractivity contribution in [3.8, 4) is 0 Å². The second kappa shape index (κ2) is 8.05. The van der Waals surface area contributed by atoms with E-state index in [9.17, 15) is 5.11 Å². The van der Waals surface area contributed by atoms with Crippen LogP contribution in [0.4, 0.5) is 0 Å². The van der Waals surface area contributed by atoms with Gasteiger partial charge in [-0.05, 0) is 48.4 Å². The molecule has 3 aromatic rings. The number of aliphatic hydroxyl groups is 1. The molecule has 1 heterocycles. The monoisotopic (exact) mass is 348 g/mol. The Bertz CT molecular complexity index is 844. The molecule has 136 valence electrons. The van der Waals surface area contributed by atoms with Gasteiger partial charge in [-0.15, -0.1) is 0 Å². The van der Waals surface area contributed by atoms with Crippen molar-refractivity contribution in [1.82, 2.24) is 9.55 Å². The number of rotatable bonds is 6. The molecule has 0 radical (unpaired) electrons. The van der Waals surface area contributed by atoms with E-state index in [1.54, 1.807) is 0 Å². The van der Waals surface area contributed by atoms with Gasteiger partial charge >= 0.3 is 0 Å². The molecule has 0 atom stereocenters. The Morgan fingerprint density at radius 3 is 2.50 bits per heavy atom. The SMILES string of the molecule is OCCCc1nc2ccccc2n1Cc1ccc(C2CCCCC2)cc1. The summed E-state index contributed by atoms with van der Waals surface area (Å²) in [6.07, 6.45) is 8.41. The number of aliphatic hydroxyl groups excluding tert-OH is 1. The lowest BCUT2D eigenvalue weighted by molar-refractivity contribution is 0.287. The highest BCUT2D eigenvalue weighted by Crippen LogP contribution is 2.32. The minimum Gasteiger partial charge on any atom is -0.396 e. The van der Waals surface area contributed by atoms with Crippen molar-refractivity contribution in [2.24, 2.45) is 0 Å². The fraction of sp³-hybridized carbons (Fsp3) is 0.435. The van der Waals surface area contributed by atoms with Gasteiger partial charge < -0.3 is 9.67 Å². The van der Waals surface area contributed by atoms with Gasteiger partial charge in [-0.1, -0.05) is 55.7 Å². The predicted octanol–water partition coefficient (Wildman–Crippen LogP) is 5.06. The summed E-state index contributed by atoms with van der Waals surface area (Å²) in [7, 11) is 0. The van der Waals surface area contributed by atoms with Crippen LogP contribution < -0.4 is 0 Å². The van der Waals surface area contributed by atoms with Crippen LogP contribution in [0.1, 0.15) is 61.4 Å². The molecule has 2 aromatic carbocycles. The van der Waals surface area contributed by atoms with Gasteiger partial charge in [-0.3, -0.25) is 0 Å². The molecule has 1 fully saturated rings. The highest BCUT2D eigenvalue weighted by molar-refractivity contribution is 5.76. The maximum absolute atomic E-state index is 9.20. The zero-order valence-corrected chi connectivity index (χ0v) is 15.4. The third kappa shape index (κ3) is 3.68. The third-order valence-electron chi connectivity index (χ3n) is 5.69. The second-order valence-electron chi connectivity index (χ2n) is 7.51. The van der Waals surface area contributed by atoms with Crippen LogP contribution in [0.5, 0.6) is 0 Å². The van der Waals surface area contributed by atoms with E-state index in [4.69, 9.17) is 4.98 Å². The number of hydrogen-bond donors (Lipinski definition) is 1. The fourth-order valence-electron chi connectivity index (χ4n) is 4.24. The molecule has 1 saturated carbocycles. The molecule has 0 spiro atoms. The Labute approximate surface area is 155 Å². The molecule has 0 saturated heterocycles. The lowest BCUT2D eigenvalue weighted by atomic mass is 9.84. The summed E-state index contributed by atoms with van der Waals surface area (Å²) < 4.78 is 2.31. The van der Waals surface area contributed by atoms with Crippen LogP contribution >= 0.6 is 0 Å². The number of aromatic nitrogens is 2. The first kappa shape index (κ1) is 17.3. The Morgan fingerprint density at radius 2 is 1.73 bits per heavy atom. The first-order valence-corrected chi connectivity index (χ1v) is 9.99. The van der Waals surface area contributed by atoms with Crippen LogP contribution in [-0.4, -0.2) is 21.3 Å². The average molecular weight is 348 g/mol. The third-order valence-corrected chi connectivity index (χ3v) is 5.69. The highest BCUT2D eigenvalue weighted by Gasteiger charge is 2.15. The first-order valence-electron chi connectivity index (χ1n) is 9.99. The average Bonchev–Trinajstić information content (AvgIpc) is 3.05. The number of para-hydroxylation sites is 2. The summed E-state index contributed by atoms with van der Waals surface area (Å²) in [5.74, 6) is 1.82. The van der Waals surface area contributed by atoms with Crippen LogP contribution in [0.3, 0.4) is 0 Å². The summed E-state index contributed by atoms with van der Waals surface area (Å²) in [5, 5.41) is 9.20. The van der Waals surface area contributed by atoms with E-state index in [0.717, 1.165) is 36.6 Å². The molecule has 0 aliphatic heterocycles. The normalized spacial score (nSPS) is 15.6. The van der Waals surface area contributed by atoms with Gasteiger partial charge in [0.05, 0.1) is 11.0 Å². The molecule has 1 aliphatic carbocycles. The topological polar surface area (TPSA) is 38.1 Å². The van der Waals surface area contributed by atoms with E-state index >= 15 is 0 Å². The number of hydrogen-bond acceptors (Lipinski definition) is 2. The van der Waals surface area contributed by atoms with E-state index in [1.807, 2.05) is 6.07 Å². The zero-order valence-electron chi connectivity index (χ0n) is 15.4. The van der Waals surface area contributed by atoms with Gasteiger partial charge in [0, 0.05) is 19.6 Å². The van der Waals surface area contributed by atoms with E-state index < -0.39 is 0 Å². The van der Waals surface area contributed by atoms with E-state index in [-0.39, 0.29) is 6.61 Å². The van der Waals surface area contributed by atoms with E-state index in [1.165, 1.54) is 48.7 Å². The number of fused-ring (bicyclic) bond motifs is 1. The minimum absolute atomic E-state index is 0.208. The molecule has 0 amide bonds. The molecule has 1 N–H and O–H groups in total. The van der Waals surface area contributed by atoms with Gasteiger partial charge in [-0.2, -0.15) is 0 Å². The zero-order chi connectivity index (χ0) is 17.8. The summed E-state index contributed by atoms with van der Waals surface area (Å²) >= 11 is 0. The minimum atomic E-state index is 0.208. The van der Waals surface area contributed by atoms with Gasteiger partial charge in [0.25, 0.3) is 0 Å². The quantitative estimate of drug-likeness (QED) is 0.676. The molecule has 3 nitrogen and oxygen atoms in total. The fourth-order valence-corrected chi connectivity index (χ4v) is 4.24. The Kier molecular flexibility index (Phi) is 5.35. The standard InChI is InChI=1S/C23H28N2O/c26-16-6-11-23-24-21-9-4-5-10-22(21)25(23)17-18-12-14-20(15-13-18)19-7-2-1-3-8-19/h4-5,9-10,12-15,19,26H,1-3,6-8,11,16-17H2. The number of benzene rings is 2. The largest absolute Gasteiger partial charge is 0.396 e. The van der Waals surface area contributed by atoms with Crippen molar-refractivity contribution in [1.29, 1.82) is 0 Å². The van der Waals surface area contributed by atoms with Crippen LogP contribution in [-0.2, 0) is 13.0 Å². The number of nitrogens with zero attached hydrogens (tertiary/aromatic N) is 2. The number of aryl methyl sites for hydroxylation is 1. The number of imidazole rings is 1. The smallest absolute Gasteiger partial charge is 0.110 e. The molecule has 1 aliphatic rings. The van der Waals surface area contributed by atoms with Crippen molar-refractivity contribution in [2.45, 2.75) is 57.4 Å². The summed E-state index contributed by atoms with van der Waals surface area (Å²) in [6, 6.07) is 17.6. The van der Waals surface area contributed by atoms with Crippen molar-refractivity contribution in [3.05, 3.63) is 65.5 Å². The highest BCUT2D eigenvalue weighted by atomic mass is 16.2. The lowest BCUT2D eigenvalue weighted by Gasteiger charge is -2.22. The summed E-state index contributed by atoms with van der Waals surface area (Å²) in [4.78, 5) is 4.79. The molecule has 0 bridgehead atoms. The Morgan fingerprint density at radius 1 is 0.962 bits per heavy atom. The van der Waals surface area contributed by atoms with Crippen molar-refractivity contribution in [2.75, 3.05) is 6.61 Å². The molecule has 3 heteroatoms. The van der Waals surface area contributed by atoms with Crippen molar-refractivity contribution >= 4 is 11.0 Å². The molecule has 4 rings (SSSR count). The molecule has 1 aromatic heterocycles. The predicted molar refractivity (Wildman–Crippen MR) is 107 cm³/mol. The molecule has 0 unspecified atom stereocenters. The molecular weight excluding hydrogens is 320 g/mol. The van der Waals surface area contributed by atoms with Crippen molar-refractivity contribution < 1.29 is 5.11 Å². The molecule has 26 heavy (non-hydrogen) atoms. The van der Waals surface area contributed by atoms with Crippen LogP contribution in [0.2, 0.25) is 0 Å². The van der Waals surface area contributed by atoms with Gasteiger partial charge in [-0.25, -0.2) is 4.98 Å². The van der Waals surface area contributed by atoms with Gasteiger partial charge in [0.2, 0.25) is 0 Å². The Hall–Kier alpha value is -2.13.